The van der Waals surface area contributed by atoms with E-state index < -0.39 is 11.0 Å². The summed E-state index contributed by atoms with van der Waals surface area (Å²) in [4.78, 5) is 2.61. The Morgan fingerprint density at radius 3 is 1.93 bits per heavy atom. The number of rotatable bonds is 6. The molecular formula is C78H51N3S. The molecular weight excluding hydrogens is 1010 g/mol. The molecule has 4 aliphatic rings. The number of aromatic nitrogens is 2. The minimum Gasteiger partial charge on any atom is -0.330 e. The summed E-state index contributed by atoms with van der Waals surface area (Å²) in [6.07, 6.45) is 16.1. The molecule has 0 N–H and O–H groups in total. The monoisotopic (exact) mass is 1060 g/mol. The molecule has 3 heterocycles. The lowest BCUT2D eigenvalue weighted by molar-refractivity contribution is 0.355. The van der Waals surface area contributed by atoms with Crippen LogP contribution < -0.4 is 4.90 Å². The van der Waals surface area contributed by atoms with Crippen LogP contribution in [0, 0.1) is 5.92 Å². The summed E-state index contributed by atoms with van der Waals surface area (Å²) in [5.74, 6) is 0.136. The van der Waals surface area contributed by atoms with Crippen LogP contribution in [0.25, 0.3) is 103 Å². The lowest BCUT2D eigenvalue weighted by atomic mass is 9.70. The van der Waals surface area contributed by atoms with Crippen LogP contribution >= 0.6 is 11.3 Å². The second-order valence-electron chi connectivity index (χ2n) is 22.8. The predicted molar refractivity (Wildman–Crippen MR) is 346 cm³/mol. The largest absolute Gasteiger partial charge is 0.330 e. The van der Waals surface area contributed by atoms with Gasteiger partial charge < -0.3 is 14.0 Å². The molecule has 0 saturated heterocycles. The Bertz CT molecular complexity index is 5160. The third-order valence-corrected chi connectivity index (χ3v) is 19.9. The van der Waals surface area contributed by atoms with Crippen molar-refractivity contribution in [3.05, 3.63) is 313 Å². The third kappa shape index (κ3) is 6.09. The fourth-order valence-electron chi connectivity index (χ4n) is 15.4. The van der Waals surface area contributed by atoms with E-state index in [2.05, 4.69) is 306 Å². The summed E-state index contributed by atoms with van der Waals surface area (Å²) in [5, 5.41) is 7.49. The molecule has 4 aliphatic carbocycles. The highest BCUT2D eigenvalue weighted by Gasteiger charge is 2.52. The molecule has 1 spiro atoms. The maximum Gasteiger partial charge on any atom is 0.0782 e. The smallest absolute Gasteiger partial charge is 0.0782 e. The topological polar surface area (TPSA) is 13.1 Å². The van der Waals surface area contributed by atoms with Crippen molar-refractivity contribution in [3.8, 4) is 39.1 Å². The van der Waals surface area contributed by atoms with Crippen molar-refractivity contribution in [1.82, 2.24) is 9.13 Å². The highest BCUT2D eigenvalue weighted by molar-refractivity contribution is 7.25. The fourth-order valence-corrected chi connectivity index (χ4v) is 16.5. The van der Waals surface area contributed by atoms with Gasteiger partial charge in [0.1, 0.15) is 0 Å². The van der Waals surface area contributed by atoms with Gasteiger partial charge in [-0.3, -0.25) is 0 Å². The van der Waals surface area contributed by atoms with Gasteiger partial charge in [-0.2, -0.15) is 0 Å². The van der Waals surface area contributed by atoms with Crippen LogP contribution in [0.2, 0.25) is 0 Å². The molecule has 2 atom stereocenters. The van der Waals surface area contributed by atoms with E-state index in [9.17, 15) is 0 Å². The molecule has 82 heavy (non-hydrogen) atoms. The average molecular weight is 1060 g/mol. The maximum atomic E-state index is 2.66. The first-order chi connectivity index (χ1) is 40.6. The highest BCUT2D eigenvalue weighted by atomic mass is 32.1. The van der Waals surface area contributed by atoms with E-state index in [4.69, 9.17) is 0 Å². The van der Waals surface area contributed by atoms with Gasteiger partial charge in [0.05, 0.1) is 44.4 Å². The van der Waals surface area contributed by atoms with Crippen LogP contribution in [-0.2, 0) is 11.0 Å². The minimum atomic E-state index is -0.513. The zero-order valence-corrected chi connectivity index (χ0v) is 45.8. The number of anilines is 3. The predicted octanol–water partition coefficient (Wildman–Crippen LogP) is 20.7. The second kappa shape index (κ2) is 17.0. The first-order valence-electron chi connectivity index (χ1n) is 28.6. The molecule has 3 aromatic heterocycles. The van der Waals surface area contributed by atoms with Crippen LogP contribution in [0.4, 0.5) is 17.1 Å². The maximum absolute atomic E-state index is 2.66. The molecule has 3 nitrogen and oxygen atoms in total. The van der Waals surface area contributed by atoms with Gasteiger partial charge in [0.15, 0.2) is 0 Å². The molecule has 0 fully saturated rings. The van der Waals surface area contributed by atoms with Crippen molar-refractivity contribution in [2.24, 2.45) is 5.92 Å². The zero-order chi connectivity index (χ0) is 53.8. The number of para-hydroxylation sites is 3. The number of hydrogen-bond acceptors (Lipinski definition) is 2. The number of fused-ring (bicyclic) bond motifs is 20. The zero-order valence-electron chi connectivity index (χ0n) is 45.0. The van der Waals surface area contributed by atoms with Gasteiger partial charge in [0.25, 0.3) is 0 Å². The lowest BCUT2D eigenvalue weighted by Crippen LogP contribution is -2.38. The molecule has 0 amide bonds. The van der Waals surface area contributed by atoms with Crippen LogP contribution in [0.15, 0.2) is 291 Å². The standard InChI is InChI=1S/C78H51N3S/c1-77(45-19-21-49-20-5-11-30-63(49)77)81-69-43-41-53(48-61(69)57-42-39-51(47-72(57)81)50-40-44-74-62(46-50)58-27-10-16-38-73(58)82-74)79(71-37-17-29-59-56-26-9-15-35-68(56)80(76(59)71)52-22-3-2-4-23-52)70-36-18-34-67-75(70)60-28-8-14-33-66(60)78(67)64-31-12-6-24-54(64)55-25-7-13-32-65(55)78/h2-48,63H,1H3. The molecule has 0 radical (unpaired) electrons. The summed E-state index contributed by atoms with van der Waals surface area (Å²) in [7, 11) is 0. The van der Waals surface area contributed by atoms with Gasteiger partial charge in [-0.15, -0.1) is 11.3 Å². The van der Waals surface area contributed by atoms with Crippen molar-refractivity contribution < 1.29 is 0 Å². The second-order valence-corrected chi connectivity index (χ2v) is 23.9. The van der Waals surface area contributed by atoms with Crippen molar-refractivity contribution in [2.45, 2.75) is 17.9 Å². The third-order valence-electron chi connectivity index (χ3n) is 18.8. The van der Waals surface area contributed by atoms with Crippen molar-refractivity contribution >= 4 is 92.2 Å². The van der Waals surface area contributed by atoms with Gasteiger partial charge in [-0.1, -0.05) is 212 Å². The summed E-state index contributed by atoms with van der Waals surface area (Å²) in [5.41, 5.74) is 22.4. The Kier molecular flexibility index (Phi) is 9.51. The summed E-state index contributed by atoms with van der Waals surface area (Å²) < 4.78 is 7.79. The lowest BCUT2D eigenvalue weighted by Gasteiger charge is -2.40. The van der Waals surface area contributed by atoms with E-state index in [1.165, 1.54) is 119 Å². The van der Waals surface area contributed by atoms with Crippen molar-refractivity contribution in [1.29, 1.82) is 0 Å². The van der Waals surface area contributed by atoms with Gasteiger partial charge in [0, 0.05) is 64.6 Å². The van der Waals surface area contributed by atoms with Gasteiger partial charge >= 0.3 is 0 Å². The Balaban J connectivity index is 0.939. The number of benzene rings is 11. The van der Waals surface area contributed by atoms with Crippen LogP contribution in [0.5, 0.6) is 0 Å². The number of nitrogens with zero attached hydrogens (tertiary/aromatic N) is 3. The summed E-state index contributed by atoms with van der Waals surface area (Å²) >= 11 is 1.87. The quantitative estimate of drug-likeness (QED) is 0.162. The molecule has 2 unspecified atom stereocenters. The number of allylic oxidation sites excluding steroid dienone is 8. The fraction of sp³-hybridized carbons (Fsp3) is 0.0513. The Labute approximate surface area is 479 Å². The van der Waals surface area contributed by atoms with Gasteiger partial charge in [-0.05, 0) is 135 Å². The average Bonchev–Trinajstić information content (AvgIpc) is 3.35. The SMILES string of the molecule is CC1(n2c3ccc(N(c4cccc5c4-c4ccccc4C54c5ccccc5-c5ccccc54)c4cccc5c6ccccc6n(-c6ccccc6)c45)cc3c3ccc(-c4ccc5sc6ccccc6c5c4)cc32)C=CC=C2C=CC=CC21. The van der Waals surface area contributed by atoms with E-state index in [-0.39, 0.29) is 5.92 Å². The van der Waals surface area contributed by atoms with Crippen molar-refractivity contribution in [2.75, 3.05) is 4.90 Å². The van der Waals surface area contributed by atoms with Crippen molar-refractivity contribution in [3.63, 3.8) is 0 Å². The van der Waals surface area contributed by atoms with Crippen LogP contribution in [-0.4, -0.2) is 9.13 Å². The first-order valence-corrected chi connectivity index (χ1v) is 29.4. The van der Waals surface area contributed by atoms with Crippen LogP contribution in [0.1, 0.15) is 29.2 Å². The van der Waals surface area contributed by atoms with E-state index in [0.29, 0.717) is 0 Å². The molecule has 0 aliphatic heterocycles. The minimum absolute atomic E-state index is 0.136. The summed E-state index contributed by atoms with van der Waals surface area (Å²) in [6, 6.07) is 91.8. The van der Waals surface area contributed by atoms with Gasteiger partial charge in [0.2, 0.25) is 0 Å². The molecule has 4 heteroatoms. The normalized spacial score (nSPS) is 17.0. The summed E-state index contributed by atoms with van der Waals surface area (Å²) in [6.45, 7) is 2.43. The number of hydrogen-bond donors (Lipinski definition) is 0. The van der Waals surface area contributed by atoms with E-state index >= 15 is 0 Å². The van der Waals surface area contributed by atoms with E-state index in [1.54, 1.807) is 0 Å². The molecule has 11 aromatic carbocycles. The van der Waals surface area contributed by atoms with E-state index in [1.807, 2.05) is 11.3 Å². The van der Waals surface area contributed by atoms with E-state index in [0.717, 1.165) is 28.3 Å². The van der Waals surface area contributed by atoms with Gasteiger partial charge in [-0.25, -0.2) is 0 Å². The molecule has 0 saturated carbocycles. The molecule has 0 bridgehead atoms. The van der Waals surface area contributed by atoms with Crippen LogP contribution in [0.3, 0.4) is 0 Å². The highest BCUT2D eigenvalue weighted by Crippen LogP contribution is 2.65. The Morgan fingerprint density at radius 1 is 0.439 bits per heavy atom. The molecule has 18 rings (SSSR count). The molecule has 384 valence electrons. The first kappa shape index (κ1) is 45.8. The molecule has 14 aromatic rings. The number of thiophene rings is 1. The Morgan fingerprint density at radius 2 is 1.09 bits per heavy atom. The Hall–Kier alpha value is -10.0.